The van der Waals surface area contributed by atoms with Crippen molar-refractivity contribution in [2.45, 2.75) is 10.3 Å². The summed E-state index contributed by atoms with van der Waals surface area (Å²) in [6, 6.07) is 10.2. The molecule has 0 spiro atoms. The molecular weight excluding hydrogens is 172 g/mol. The lowest BCUT2D eigenvalue weighted by Gasteiger charge is -2.05. The number of hydrogen-bond donors (Lipinski definition) is 0. The van der Waals surface area contributed by atoms with Gasteiger partial charge in [0.2, 0.25) is 0 Å². The highest BCUT2D eigenvalue weighted by molar-refractivity contribution is 7.99. The number of ether oxygens (including phenoxy) is 2. The van der Waals surface area contributed by atoms with Crippen molar-refractivity contribution in [1.82, 2.24) is 0 Å². The second kappa shape index (κ2) is 3.94. The average Bonchev–Trinajstić information content (AvgIpc) is 2.59. The van der Waals surface area contributed by atoms with E-state index in [1.807, 2.05) is 18.2 Å². The van der Waals surface area contributed by atoms with Crippen molar-refractivity contribution < 1.29 is 9.47 Å². The van der Waals surface area contributed by atoms with E-state index in [1.165, 1.54) is 4.90 Å². The molecule has 12 heavy (non-hydrogen) atoms. The molecule has 1 fully saturated rings. The minimum atomic E-state index is 0.174. The second-order valence-corrected chi connectivity index (χ2v) is 3.75. The van der Waals surface area contributed by atoms with Gasteiger partial charge in [-0.2, -0.15) is 0 Å². The first kappa shape index (κ1) is 8.10. The van der Waals surface area contributed by atoms with Gasteiger partial charge in [0.15, 0.2) is 0 Å². The fourth-order valence-corrected chi connectivity index (χ4v) is 1.94. The molecule has 0 amide bonds. The number of hydrogen-bond acceptors (Lipinski definition) is 3. The van der Waals surface area contributed by atoms with Crippen LogP contribution >= 0.6 is 11.8 Å². The highest BCUT2D eigenvalue weighted by Gasteiger charge is 2.16. The Balaban J connectivity index is 1.94. The van der Waals surface area contributed by atoms with Gasteiger partial charge < -0.3 is 9.47 Å². The molecule has 0 bridgehead atoms. The zero-order valence-corrected chi connectivity index (χ0v) is 7.42. The highest BCUT2D eigenvalue weighted by Crippen LogP contribution is 2.26. The maximum absolute atomic E-state index is 5.30. The summed E-state index contributed by atoms with van der Waals surface area (Å²) in [5, 5.41) is 0. The van der Waals surface area contributed by atoms with Crippen molar-refractivity contribution in [3.63, 3.8) is 0 Å². The van der Waals surface area contributed by atoms with E-state index in [0.29, 0.717) is 13.4 Å². The standard InChI is InChI=1S/C9H10O2S/c1-2-4-8(5-3-1)12-9-6-10-7-11-9/h1-5,9H,6-7H2. The summed E-state index contributed by atoms with van der Waals surface area (Å²) in [6.45, 7) is 1.13. The van der Waals surface area contributed by atoms with Gasteiger partial charge >= 0.3 is 0 Å². The maximum Gasteiger partial charge on any atom is 0.148 e. The van der Waals surface area contributed by atoms with Crippen LogP contribution in [-0.2, 0) is 9.47 Å². The van der Waals surface area contributed by atoms with E-state index in [2.05, 4.69) is 12.1 Å². The van der Waals surface area contributed by atoms with Crippen LogP contribution in [0.4, 0.5) is 0 Å². The monoisotopic (exact) mass is 182 g/mol. The third-order valence-electron chi connectivity index (χ3n) is 1.60. The van der Waals surface area contributed by atoms with Crippen LogP contribution in [0.15, 0.2) is 35.2 Å². The molecule has 1 aliphatic rings. The molecule has 0 saturated carbocycles. The molecule has 1 atom stereocenters. The lowest BCUT2D eigenvalue weighted by molar-refractivity contribution is 0.0641. The van der Waals surface area contributed by atoms with Gasteiger partial charge in [-0.15, -0.1) is 0 Å². The van der Waals surface area contributed by atoms with Crippen molar-refractivity contribution in [2.75, 3.05) is 13.4 Å². The van der Waals surface area contributed by atoms with Crippen molar-refractivity contribution in [3.8, 4) is 0 Å². The average molecular weight is 182 g/mol. The zero-order valence-electron chi connectivity index (χ0n) is 6.60. The molecule has 2 nitrogen and oxygen atoms in total. The van der Waals surface area contributed by atoms with Gasteiger partial charge in [-0.05, 0) is 12.1 Å². The Morgan fingerprint density at radius 3 is 2.75 bits per heavy atom. The Labute approximate surface area is 75.9 Å². The fourth-order valence-electron chi connectivity index (χ4n) is 1.04. The molecule has 2 rings (SSSR count). The van der Waals surface area contributed by atoms with Crippen LogP contribution in [0.2, 0.25) is 0 Å². The van der Waals surface area contributed by atoms with Gasteiger partial charge in [-0.1, -0.05) is 30.0 Å². The van der Waals surface area contributed by atoms with Gasteiger partial charge in [0, 0.05) is 4.90 Å². The summed E-state index contributed by atoms with van der Waals surface area (Å²) < 4.78 is 10.4. The third-order valence-corrected chi connectivity index (χ3v) is 2.68. The Morgan fingerprint density at radius 2 is 2.08 bits per heavy atom. The molecule has 0 N–H and O–H groups in total. The number of thioether (sulfide) groups is 1. The second-order valence-electron chi connectivity index (χ2n) is 2.52. The molecule has 0 aromatic heterocycles. The van der Waals surface area contributed by atoms with Crippen molar-refractivity contribution >= 4 is 11.8 Å². The summed E-state index contributed by atoms with van der Waals surface area (Å²) in [5.41, 5.74) is 0.174. The normalized spacial score (nSPS) is 22.8. The Bertz CT molecular complexity index is 232. The quantitative estimate of drug-likeness (QED) is 0.698. The Kier molecular flexibility index (Phi) is 2.66. The van der Waals surface area contributed by atoms with Crippen LogP contribution in [0.25, 0.3) is 0 Å². The van der Waals surface area contributed by atoms with E-state index in [9.17, 15) is 0 Å². The molecule has 1 aromatic carbocycles. The van der Waals surface area contributed by atoms with E-state index in [-0.39, 0.29) is 5.44 Å². The molecule has 0 radical (unpaired) electrons. The van der Waals surface area contributed by atoms with Crippen LogP contribution in [-0.4, -0.2) is 18.8 Å². The van der Waals surface area contributed by atoms with Crippen LogP contribution in [0.3, 0.4) is 0 Å². The van der Waals surface area contributed by atoms with Crippen molar-refractivity contribution in [2.24, 2.45) is 0 Å². The van der Waals surface area contributed by atoms with Gasteiger partial charge in [0.1, 0.15) is 12.2 Å². The predicted octanol–water partition coefficient (Wildman–Crippen LogP) is 2.11. The van der Waals surface area contributed by atoms with Crippen LogP contribution in [0.5, 0.6) is 0 Å². The van der Waals surface area contributed by atoms with Crippen LogP contribution in [0, 0.1) is 0 Å². The predicted molar refractivity (Wildman–Crippen MR) is 48.0 cm³/mol. The van der Waals surface area contributed by atoms with Gasteiger partial charge in [-0.25, -0.2) is 0 Å². The number of benzene rings is 1. The summed E-state index contributed by atoms with van der Waals surface area (Å²) >= 11 is 1.70. The number of rotatable bonds is 2. The molecule has 1 saturated heterocycles. The fraction of sp³-hybridized carbons (Fsp3) is 0.333. The van der Waals surface area contributed by atoms with E-state index < -0.39 is 0 Å². The lowest BCUT2D eigenvalue weighted by Crippen LogP contribution is -2.02. The van der Waals surface area contributed by atoms with Crippen LogP contribution < -0.4 is 0 Å². The molecule has 1 heterocycles. The molecule has 0 aliphatic carbocycles. The summed E-state index contributed by atoms with van der Waals surface area (Å²) in [6.07, 6.45) is 0. The van der Waals surface area contributed by atoms with Gasteiger partial charge in [0.05, 0.1) is 6.61 Å². The van der Waals surface area contributed by atoms with E-state index in [4.69, 9.17) is 9.47 Å². The first-order valence-electron chi connectivity index (χ1n) is 3.86. The molecule has 3 heteroatoms. The summed E-state index contributed by atoms with van der Waals surface area (Å²) in [7, 11) is 0. The van der Waals surface area contributed by atoms with E-state index in [1.54, 1.807) is 11.8 Å². The van der Waals surface area contributed by atoms with Crippen molar-refractivity contribution in [3.05, 3.63) is 30.3 Å². The van der Waals surface area contributed by atoms with Gasteiger partial charge in [0.25, 0.3) is 0 Å². The molecular formula is C9H10O2S. The molecule has 1 aliphatic heterocycles. The zero-order chi connectivity index (χ0) is 8.23. The SMILES string of the molecule is c1ccc(SC2COCO2)cc1. The van der Waals surface area contributed by atoms with Gasteiger partial charge in [-0.3, -0.25) is 0 Å². The molecule has 64 valence electrons. The minimum Gasteiger partial charge on any atom is -0.352 e. The summed E-state index contributed by atoms with van der Waals surface area (Å²) in [4.78, 5) is 1.23. The molecule has 1 unspecified atom stereocenters. The van der Waals surface area contributed by atoms with Crippen LogP contribution in [0.1, 0.15) is 0 Å². The third kappa shape index (κ3) is 2.00. The van der Waals surface area contributed by atoms with E-state index >= 15 is 0 Å². The lowest BCUT2D eigenvalue weighted by atomic mass is 10.4. The summed E-state index contributed by atoms with van der Waals surface area (Å²) in [5.74, 6) is 0. The smallest absolute Gasteiger partial charge is 0.148 e. The largest absolute Gasteiger partial charge is 0.352 e. The molecule has 1 aromatic rings. The maximum atomic E-state index is 5.30. The minimum absolute atomic E-state index is 0.174. The topological polar surface area (TPSA) is 18.5 Å². The van der Waals surface area contributed by atoms with E-state index in [0.717, 1.165) is 0 Å². The Hall–Kier alpha value is -0.510. The first-order chi connectivity index (χ1) is 5.95. The highest BCUT2D eigenvalue weighted by atomic mass is 32.2. The first-order valence-corrected chi connectivity index (χ1v) is 4.74. The van der Waals surface area contributed by atoms with Crippen molar-refractivity contribution in [1.29, 1.82) is 0 Å². The Morgan fingerprint density at radius 1 is 1.25 bits per heavy atom.